The highest BCUT2D eigenvalue weighted by molar-refractivity contribution is 5.96. The summed E-state index contributed by atoms with van der Waals surface area (Å²) in [4.78, 5) is 26.7. The average Bonchev–Trinajstić information content (AvgIpc) is 2.58. The van der Waals surface area contributed by atoms with Crippen molar-refractivity contribution in [3.05, 3.63) is 53.7 Å². The number of nitrogens with zero attached hydrogens (tertiary/aromatic N) is 1. The fourth-order valence-electron chi connectivity index (χ4n) is 2.02. The van der Waals surface area contributed by atoms with Gasteiger partial charge < -0.3 is 16.0 Å². The van der Waals surface area contributed by atoms with Crippen LogP contribution in [0, 0.1) is 0 Å². The molecule has 0 aliphatic heterocycles. The predicted octanol–water partition coefficient (Wildman–Crippen LogP) is 3.54. The zero-order chi connectivity index (χ0) is 19.2. The van der Waals surface area contributed by atoms with Crippen molar-refractivity contribution in [1.29, 1.82) is 0 Å². The predicted molar refractivity (Wildman–Crippen MR) is 91.2 cm³/mol. The summed E-state index contributed by atoms with van der Waals surface area (Å²) in [6.07, 6.45) is -3.69. The van der Waals surface area contributed by atoms with Gasteiger partial charge in [0.15, 0.2) is 5.78 Å². The second-order valence-electron chi connectivity index (χ2n) is 5.37. The molecule has 9 heteroatoms. The Morgan fingerprint density at radius 2 is 1.88 bits per heavy atom. The zero-order valence-corrected chi connectivity index (χ0v) is 13.9. The number of hydrogen-bond acceptors (Lipinski definition) is 4. The van der Waals surface area contributed by atoms with E-state index < -0.39 is 17.8 Å². The van der Waals surface area contributed by atoms with Crippen molar-refractivity contribution in [1.82, 2.24) is 10.3 Å². The second-order valence-corrected chi connectivity index (χ2v) is 5.37. The Balaban J connectivity index is 1.75. The van der Waals surface area contributed by atoms with Crippen LogP contribution in [0.25, 0.3) is 0 Å². The Morgan fingerprint density at radius 3 is 2.50 bits per heavy atom. The van der Waals surface area contributed by atoms with Crippen LogP contribution in [0.3, 0.4) is 0 Å². The maximum Gasteiger partial charge on any atom is 0.417 e. The van der Waals surface area contributed by atoms with Crippen molar-refractivity contribution in [2.75, 3.05) is 23.7 Å². The molecule has 2 amide bonds. The third-order valence-corrected chi connectivity index (χ3v) is 3.33. The molecular formula is C17H17F3N4O2. The highest BCUT2D eigenvalue weighted by Gasteiger charge is 2.30. The minimum atomic E-state index is -4.43. The summed E-state index contributed by atoms with van der Waals surface area (Å²) in [6, 6.07) is 8.19. The van der Waals surface area contributed by atoms with Crippen LogP contribution in [0.15, 0.2) is 42.6 Å². The lowest BCUT2D eigenvalue weighted by Gasteiger charge is -2.10. The first kappa shape index (κ1) is 19.2. The van der Waals surface area contributed by atoms with Gasteiger partial charge >= 0.3 is 12.2 Å². The van der Waals surface area contributed by atoms with Gasteiger partial charge in [0.05, 0.1) is 5.56 Å². The van der Waals surface area contributed by atoms with Crippen molar-refractivity contribution < 1.29 is 22.8 Å². The van der Waals surface area contributed by atoms with Crippen molar-refractivity contribution >= 4 is 23.3 Å². The average molecular weight is 366 g/mol. The zero-order valence-electron chi connectivity index (χ0n) is 13.9. The third kappa shape index (κ3) is 5.76. The maximum atomic E-state index is 12.4. The summed E-state index contributed by atoms with van der Waals surface area (Å²) in [7, 11) is 0. The van der Waals surface area contributed by atoms with Gasteiger partial charge in [-0.1, -0.05) is 12.1 Å². The van der Waals surface area contributed by atoms with Gasteiger partial charge in [-0.15, -0.1) is 0 Å². The maximum absolute atomic E-state index is 12.4. The molecule has 0 unspecified atom stereocenters. The standard InChI is InChI=1S/C17H17F3N4O2/c1-11(25)12-3-2-4-14(9-12)24-16(26)22-8-7-21-15-6-5-13(10-23-15)17(18,19)20/h2-6,9-10H,7-8H2,1H3,(H,21,23)(H2,22,24,26). The number of rotatable bonds is 6. The Labute approximate surface area is 147 Å². The monoisotopic (exact) mass is 366 g/mol. The lowest BCUT2D eigenvalue weighted by atomic mass is 10.1. The van der Waals surface area contributed by atoms with Crippen molar-refractivity contribution in [2.45, 2.75) is 13.1 Å². The number of amides is 2. The SMILES string of the molecule is CC(=O)c1cccc(NC(=O)NCCNc2ccc(C(F)(F)F)cn2)c1. The molecule has 0 fully saturated rings. The molecule has 0 spiro atoms. The van der Waals surface area contributed by atoms with Crippen molar-refractivity contribution in [2.24, 2.45) is 0 Å². The number of alkyl halides is 3. The quantitative estimate of drug-likeness (QED) is 0.539. The van der Waals surface area contributed by atoms with Gasteiger partial charge in [-0.3, -0.25) is 4.79 Å². The fraction of sp³-hybridized carbons (Fsp3) is 0.235. The Hall–Kier alpha value is -3.10. The fourth-order valence-corrected chi connectivity index (χ4v) is 2.02. The smallest absolute Gasteiger partial charge is 0.368 e. The number of nitrogens with one attached hydrogen (secondary N) is 3. The summed E-state index contributed by atoms with van der Waals surface area (Å²) in [6.45, 7) is 1.93. The number of pyridine rings is 1. The molecule has 2 rings (SSSR count). The molecule has 138 valence electrons. The summed E-state index contributed by atoms with van der Waals surface area (Å²) >= 11 is 0. The number of Topliss-reactive ketones (excluding diaryl/α,β-unsaturated/α-hetero) is 1. The van der Waals surface area contributed by atoms with Crippen LogP contribution in [-0.2, 0) is 6.18 Å². The number of anilines is 2. The minimum Gasteiger partial charge on any atom is -0.368 e. The number of aromatic nitrogens is 1. The lowest BCUT2D eigenvalue weighted by Crippen LogP contribution is -2.32. The third-order valence-electron chi connectivity index (χ3n) is 3.33. The van der Waals surface area contributed by atoms with E-state index in [1.54, 1.807) is 24.3 Å². The molecule has 3 N–H and O–H groups in total. The van der Waals surface area contributed by atoms with Gasteiger partial charge in [0.1, 0.15) is 5.82 Å². The van der Waals surface area contributed by atoms with Crippen LogP contribution >= 0.6 is 0 Å². The molecule has 0 aliphatic carbocycles. The Bertz CT molecular complexity index is 776. The van der Waals surface area contributed by atoms with Crippen molar-refractivity contribution in [3.63, 3.8) is 0 Å². The van der Waals surface area contributed by atoms with Crippen LogP contribution in [0.2, 0.25) is 0 Å². The van der Waals surface area contributed by atoms with Crippen LogP contribution in [0.4, 0.5) is 29.5 Å². The normalized spacial score (nSPS) is 10.9. The van der Waals surface area contributed by atoms with Crippen LogP contribution in [0.5, 0.6) is 0 Å². The van der Waals surface area contributed by atoms with E-state index in [1.165, 1.54) is 13.0 Å². The topological polar surface area (TPSA) is 83.1 Å². The highest BCUT2D eigenvalue weighted by Crippen LogP contribution is 2.28. The first-order valence-electron chi connectivity index (χ1n) is 7.68. The van der Waals surface area contributed by atoms with E-state index in [9.17, 15) is 22.8 Å². The number of carbonyl (C=O) groups is 2. The van der Waals surface area contributed by atoms with E-state index in [0.29, 0.717) is 11.3 Å². The van der Waals surface area contributed by atoms with Gasteiger partial charge in [0.2, 0.25) is 0 Å². The first-order valence-corrected chi connectivity index (χ1v) is 7.68. The summed E-state index contributed by atoms with van der Waals surface area (Å²) in [5, 5.41) is 7.97. The molecule has 0 atom stereocenters. The van der Waals surface area contributed by atoms with E-state index >= 15 is 0 Å². The molecule has 6 nitrogen and oxygen atoms in total. The summed E-state index contributed by atoms with van der Waals surface area (Å²) in [5.41, 5.74) is 0.138. The van der Waals surface area contributed by atoms with E-state index in [0.717, 1.165) is 12.3 Å². The number of benzene rings is 1. The second kappa shape index (κ2) is 8.32. The largest absolute Gasteiger partial charge is 0.417 e. The van der Waals surface area contributed by atoms with Gasteiger partial charge in [0, 0.05) is 30.5 Å². The van der Waals surface area contributed by atoms with Crippen LogP contribution in [0.1, 0.15) is 22.8 Å². The molecule has 2 aromatic rings. The number of carbonyl (C=O) groups excluding carboxylic acids is 2. The molecule has 1 heterocycles. The molecule has 0 aliphatic rings. The minimum absolute atomic E-state index is 0.109. The van der Waals surface area contributed by atoms with E-state index in [2.05, 4.69) is 20.9 Å². The Kier molecular flexibility index (Phi) is 6.16. The van der Waals surface area contributed by atoms with Gasteiger partial charge in [-0.25, -0.2) is 9.78 Å². The molecule has 0 radical (unpaired) electrons. The van der Waals surface area contributed by atoms with Gasteiger partial charge in [-0.2, -0.15) is 13.2 Å². The molecular weight excluding hydrogens is 349 g/mol. The van der Waals surface area contributed by atoms with E-state index in [-0.39, 0.29) is 24.7 Å². The van der Waals surface area contributed by atoms with E-state index in [1.807, 2.05) is 0 Å². The van der Waals surface area contributed by atoms with Gasteiger partial charge in [0.25, 0.3) is 0 Å². The molecule has 26 heavy (non-hydrogen) atoms. The first-order chi connectivity index (χ1) is 12.3. The number of urea groups is 1. The molecule has 0 saturated heterocycles. The lowest BCUT2D eigenvalue weighted by molar-refractivity contribution is -0.137. The summed E-state index contributed by atoms with van der Waals surface area (Å²) in [5.74, 6) is 0.164. The molecule has 1 aromatic heterocycles. The van der Waals surface area contributed by atoms with Gasteiger partial charge in [-0.05, 0) is 31.2 Å². The highest BCUT2D eigenvalue weighted by atomic mass is 19.4. The van der Waals surface area contributed by atoms with Crippen molar-refractivity contribution in [3.8, 4) is 0 Å². The van der Waals surface area contributed by atoms with E-state index in [4.69, 9.17) is 0 Å². The number of hydrogen-bond donors (Lipinski definition) is 3. The molecule has 0 bridgehead atoms. The molecule has 1 aromatic carbocycles. The van der Waals surface area contributed by atoms with Crippen LogP contribution in [-0.4, -0.2) is 29.9 Å². The number of halogens is 3. The summed E-state index contributed by atoms with van der Waals surface area (Å²) < 4.78 is 37.3. The number of ketones is 1. The van der Waals surface area contributed by atoms with Crippen LogP contribution < -0.4 is 16.0 Å². The molecule has 0 saturated carbocycles. The Morgan fingerprint density at radius 1 is 1.12 bits per heavy atom.